The minimum Gasteiger partial charge on any atom is -0.335 e. The van der Waals surface area contributed by atoms with Gasteiger partial charge in [-0.25, -0.2) is 17.5 Å². The summed E-state index contributed by atoms with van der Waals surface area (Å²) in [5, 5.41) is 5.36. The maximum Gasteiger partial charge on any atom is 0.264 e. The number of thiophene rings is 1. The van der Waals surface area contributed by atoms with Gasteiger partial charge in [-0.15, -0.1) is 11.3 Å². The van der Waals surface area contributed by atoms with Crippen molar-refractivity contribution in [3.63, 3.8) is 0 Å². The van der Waals surface area contributed by atoms with E-state index in [0.29, 0.717) is 17.1 Å². The summed E-state index contributed by atoms with van der Waals surface area (Å²) in [6, 6.07) is 7.39. The first-order chi connectivity index (χ1) is 13.7. The Labute approximate surface area is 173 Å². The highest BCUT2D eigenvalue weighted by atomic mass is 32.2. The van der Waals surface area contributed by atoms with E-state index in [9.17, 15) is 17.6 Å². The average Bonchev–Trinajstić information content (AvgIpc) is 3.23. The summed E-state index contributed by atoms with van der Waals surface area (Å²) in [5.74, 6) is -0.530. The van der Waals surface area contributed by atoms with E-state index >= 15 is 0 Å². The zero-order valence-corrected chi connectivity index (χ0v) is 18.5. The quantitative estimate of drug-likeness (QED) is 0.563. The maximum absolute atomic E-state index is 13.3. The fourth-order valence-electron chi connectivity index (χ4n) is 3.28. The number of halogens is 1. The second-order valence-corrected chi connectivity index (χ2v) is 10.4. The molecule has 0 aliphatic heterocycles. The molecule has 1 atom stereocenters. The summed E-state index contributed by atoms with van der Waals surface area (Å²) in [7, 11) is -3.19. The Kier molecular flexibility index (Phi) is 6.09. The molecule has 1 amide bonds. The van der Waals surface area contributed by atoms with Crippen molar-refractivity contribution in [2.75, 3.05) is 18.1 Å². The van der Waals surface area contributed by atoms with Crippen molar-refractivity contribution in [2.45, 2.75) is 33.7 Å². The number of hydrogen-bond donors (Lipinski definition) is 0. The molecule has 2 aromatic heterocycles. The molecule has 0 aliphatic carbocycles. The molecule has 1 aromatic carbocycles. The van der Waals surface area contributed by atoms with Crippen LogP contribution in [0.1, 0.15) is 36.1 Å². The van der Waals surface area contributed by atoms with Gasteiger partial charge in [0.1, 0.15) is 10.6 Å². The van der Waals surface area contributed by atoms with E-state index in [2.05, 4.69) is 5.10 Å². The minimum absolute atomic E-state index is 0.0542. The number of hydrogen-bond acceptors (Lipinski definition) is 5. The van der Waals surface area contributed by atoms with Crippen molar-refractivity contribution >= 4 is 37.3 Å². The van der Waals surface area contributed by atoms with Gasteiger partial charge in [0.05, 0.1) is 22.0 Å². The number of amides is 1. The van der Waals surface area contributed by atoms with Gasteiger partial charge in [-0.05, 0) is 51.1 Å². The third kappa shape index (κ3) is 4.35. The van der Waals surface area contributed by atoms with Crippen LogP contribution in [0.4, 0.5) is 4.39 Å². The average molecular weight is 438 g/mol. The lowest BCUT2D eigenvalue weighted by molar-refractivity contribution is 0.0724. The molecule has 3 aromatic rings. The van der Waals surface area contributed by atoms with E-state index in [-0.39, 0.29) is 23.2 Å². The van der Waals surface area contributed by atoms with Crippen LogP contribution < -0.4 is 0 Å². The minimum atomic E-state index is -3.19. The molecule has 0 N–H and O–H groups in total. The molecule has 0 radical (unpaired) electrons. The number of rotatable bonds is 7. The van der Waals surface area contributed by atoms with Gasteiger partial charge in [-0.2, -0.15) is 5.10 Å². The lowest BCUT2D eigenvalue weighted by Crippen LogP contribution is -2.42. The van der Waals surface area contributed by atoms with Gasteiger partial charge in [0.15, 0.2) is 9.84 Å². The molecule has 3 rings (SSSR count). The Hall–Kier alpha value is -2.26. The van der Waals surface area contributed by atoms with Crippen molar-refractivity contribution < 1.29 is 17.6 Å². The fourth-order valence-corrected chi connectivity index (χ4v) is 5.57. The van der Waals surface area contributed by atoms with E-state index in [4.69, 9.17) is 0 Å². The molecule has 9 heteroatoms. The van der Waals surface area contributed by atoms with Crippen LogP contribution in [0.25, 0.3) is 15.9 Å². The number of fused-ring (bicyclic) bond motifs is 1. The van der Waals surface area contributed by atoms with E-state index in [1.165, 1.54) is 23.5 Å². The number of aryl methyl sites for hydroxylation is 1. The maximum atomic E-state index is 13.3. The second kappa shape index (κ2) is 8.23. The first-order valence-electron chi connectivity index (χ1n) is 9.43. The zero-order chi connectivity index (χ0) is 21.3. The SMILES string of the molecule is CCN(C(=O)c1cc2c(C)nn(-c3ccc(F)cc3)c2s1)C(C)CS(=O)(=O)CC. The third-order valence-electron chi connectivity index (χ3n) is 4.90. The number of nitrogens with zero attached hydrogens (tertiary/aromatic N) is 3. The van der Waals surface area contributed by atoms with Gasteiger partial charge >= 0.3 is 0 Å². The molecule has 0 saturated heterocycles. The lowest BCUT2D eigenvalue weighted by Gasteiger charge is -2.27. The molecule has 29 heavy (non-hydrogen) atoms. The smallest absolute Gasteiger partial charge is 0.264 e. The molecule has 1 unspecified atom stereocenters. The van der Waals surface area contributed by atoms with Crippen LogP contribution >= 0.6 is 11.3 Å². The summed E-state index contributed by atoms with van der Waals surface area (Å²) < 4.78 is 38.9. The van der Waals surface area contributed by atoms with Crippen LogP contribution in [-0.4, -0.2) is 53.1 Å². The van der Waals surface area contributed by atoms with Crippen molar-refractivity contribution in [1.29, 1.82) is 0 Å². The molecular formula is C20H24FN3O3S2. The number of benzene rings is 1. The molecule has 0 aliphatic rings. The largest absolute Gasteiger partial charge is 0.335 e. The van der Waals surface area contributed by atoms with Crippen LogP contribution in [0, 0.1) is 12.7 Å². The highest BCUT2D eigenvalue weighted by Crippen LogP contribution is 2.31. The van der Waals surface area contributed by atoms with Crippen LogP contribution in [0.3, 0.4) is 0 Å². The van der Waals surface area contributed by atoms with E-state index < -0.39 is 15.9 Å². The Bertz CT molecular complexity index is 1130. The lowest BCUT2D eigenvalue weighted by atomic mass is 10.2. The van der Waals surface area contributed by atoms with Crippen LogP contribution in [0.5, 0.6) is 0 Å². The second-order valence-electron chi connectivity index (χ2n) is 6.94. The van der Waals surface area contributed by atoms with Gasteiger partial charge in [0, 0.05) is 23.7 Å². The van der Waals surface area contributed by atoms with Crippen LogP contribution in [0.15, 0.2) is 30.3 Å². The first kappa shape index (κ1) is 21.4. The Morgan fingerprint density at radius 3 is 2.52 bits per heavy atom. The summed E-state index contributed by atoms with van der Waals surface area (Å²) >= 11 is 1.30. The highest BCUT2D eigenvalue weighted by molar-refractivity contribution is 7.91. The van der Waals surface area contributed by atoms with Gasteiger partial charge in [-0.1, -0.05) is 6.92 Å². The molecule has 2 heterocycles. The number of sulfone groups is 1. The van der Waals surface area contributed by atoms with Crippen molar-refractivity contribution in [3.8, 4) is 5.69 Å². The molecular weight excluding hydrogens is 413 g/mol. The normalized spacial score (nSPS) is 13.0. The molecule has 0 bridgehead atoms. The van der Waals surface area contributed by atoms with E-state index in [0.717, 1.165) is 15.9 Å². The van der Waals surface area contributed by atoms with Gasteiger partial charge < -0.3 is 4.90 Å². The molecule has 0 fully saturated rings. The number of carbonyl (C=O) groups excluding carboxylic acids is 1. The standard InChI is InChI=1S/C20H24FN3O3S2/c1-5-23(13(3)12-29(26,27)6-2)19(25)18-11-17-14(4)22-24(20(17)28-18)16-9-7-15(21)8-10-16/h7-11,13H,5-6,12H2,1-4H3. The van der Waals surface area contributed by atoms with Crippen molar-refractivity contribution in [2.24, 2.45) is 0 Å². The molecule has 6 nitrogen and oxygen atoms in total. The number of aromatic nitrogens is 2. The summed E-state index contributed by atoms with van der Waals surface area (Å²) in [6.45, 7) is 7.48. The van der Waals surface area contributed by atoms with Gasteiger partial charge in [-0.3, -0.25) is 4.79 Å². The summed E-state index contributed by atoms with van der Waals surface area (Å²) in [5.41, 5.74) is 1.48. The van der Waals surface area contributed by atoms with Gasteiger partial charge in [0.25, 0.3) is 5.91 Å². The van der Waals surface area contributed by atoms with Gasteiger partial charge in [0.2, 0.25) is 0 Å². The molecule has 156 valence electrons. The third-order valence-corrected chi connectivity index (χ3v) is 7.86. The Morgan fingerprint density at radius 1 is 1.28 bits per heavy atom. The fraction of sp³-hybridized carbons (Fsp3) is 0.400. The number of carbonyl (C=O) groups is 1. The van der Waals surface area contributed by atoms with Crippen molar-refractivity contribution in [1.82, 2.24) is 14.7 Å². The van der Waals surface area contributed by atoms with Crippen LogP contribution in [-0.2, 0) is 9.84 Å². The van der Waals surface area contributed by atoms with Crippen LogP contribution in [0.2, 0.25) is 0 Å². The first-order valence-corrected chi connectivity index (χ1v) is 12.1. The molecule has 0 spiro atoms. The molecule has 0 saturated carbocycles. The topological polar surface area (TPSA) is 72.3 Å². The van der Waals surface area contributed by atoms with E-state index in [1.807, 2.05) is 13.8 Å². The Balaban J connectivity index is 1.96. The summed E-state index contributed by atoms with van der Waals surface area (Å²) in [6.07, 6.45) is 0. The van der Waals surface area contributed by atoms with E-state index in [1.54, 1.807) is 41.6 Å². The zero-order valence-electron chi connectivity index (χ0n) is 16.8. The summed E-state index contributed by atoms with van der Waals surface area (Å²) in [4.78, 5) is 16.0. The van der Waals surface area contributed by atoms with Crippen molar-refractivity contribution in [3.05, 3.63) is 46.7 Å². The predicted octanol–water partition coefficient (Wildman–Crippen LogP) is 3.82. The monoisotopic (exact) mass is 437 g/mol. The predicted molar refractivity (Wildman–Crippen MR) is 114 cm³/mol. The highest BCUT2D eigenvalue weighted by Gasteiger charge is 2.26. The Morgan fingerprint density at radius 2 is 1.93 bits per heavy atom.